The normalized spacial score (nSPS) is 13.6. The van der Waals surface area contributed by atoms with Crippen LogP contribution in [0.15, 0.2) is 17.5 Å². The van der Waals surface area contributed by atoms with Crippen molar-refractivity contribution in [2.45, 2.75) is 26.4 Å². The molecule has 122 valence electrons. The molecule has 7 heteroatoms. The van der Waals surface area contributed by atoms with E-state index in [1.165, 1.54) is 4.88 Å². The molecule has 2 aromatic rings. The molecule has 0 aromatic carbocycles. The first kappa shape index (κ1) is 15.7. The molecule has 3 heterocycles. The lowest BCUT2D eigenvalue weighted by molar-refractivity contribution is -0.129. The lowest BCUT2D eigenvalue weighted by atomic mass is 10.1. The van der Waals surface area contributed by atoms with E-state index in [1.807, 2.05) is 30.0 Å². The molecule has 23 heavy (non-hydrogen) atoms. The van der Waals surface area contributed by atoms with E-state index >= 15 is 0 Å². The first-order valence-electron chi connectivity index (χ1n) is 7.63. The quantitative estimate of drug-likeness (QED) is 0.930. The molecule has 0 saturated carbocycles. The summed E-state index contributed by atoms with van der Waals surface area (Å²) in [4.78, 5) is 25.9. The summed E-state index contributed by atoms with van der Waals surface area (Å²) in [7, 11) is 3.85. The second kappa shape index (κ2) is 6.54. The lowest BCUT2D eigenvalue weighted by Gasteiger charge is -2.29. The Bertz CT molecular complexity index is 699. The van der Waals surface area contributed by atoms with Gasteiger partial charge in [0.2, 0.25) is 11.9 Å². The maximum absolute atomic E-state index is 11.7. The first-order chi connectivity index (χ1) is 11.0. The third-order valence-corrected chi connectivity index (χ3v) is 4.79. The number of anilines is 2. The van der Waals surface area contributed by atoms with Crippen LogP contribution in [0.2, 0.25) is 0 Å². The summed E-state index contributed by atoms with van der Waals surface area (Å²) in [5.41, 5.74) is 2.07. The summed E-state index contributed by atoms with van der Waals surface area (Å²) in [6.07, 6.45) is 0.787. The van der Waals surface area contributed by atoms with E-state index in [0.29, 0.717) is 12.5 Å². The van der Waals surface area contributed by atoms with Crippen molar-refractivity contribution in [3.63, 3.8) is 0 Å². The van der Waals surface area contributed by atoms with Gasteiger partial charge in [0.15, 0.2) is 0 Å². The molecule has 6 nitrogen and oxygen atoms in total. The predicted molar refractivity (Wildman–Crippen MR) is 92.8 cm³/mol. The van der Waals surface area contributed by atoms with E-state index in [4.69, 9.17) is 0 Å². The fourth-order valence-electron chi connectivity index (χ4n) is 2.62. The van der Waals surface area contributed by atoms with Crippen LogP contribution in [0.3, 0.4) is 0 Å². The van der Waals surface area contributed by atoms with Gasteiger partial charge in [-0.15, -0.1) is 11.3 Å². The fourth-order valence-corrected chi connectivity index (χ4v) is 3.26. The molecule has 1 amide bonds. The highest BCUT2D eigenvalue weighted by Gasteiger charge is 2.24. The van der Waals surface area contributed by atoms with Crippen molar-refractivity contribution < 1.29 is 4.79 Å². The molecule has 3 rings (SSSR count). The Morgan fingerprint density at radius 3 is 2.91 bits per heavy atom. The van der Waals surface area contributed by atoms with E-state index in [-0.39, 0.29) is 5.91 Å². The van der Waals surface area contributed by atoms with Crippen LogP contribution < -0.4 is 10.2 Å². The van der Waals surface area contributed by atoms with Gasteiger partial charge >= 0.3 is 0 Å². The average Bonchev–Trinajstić information content (AvgIpc) is 3.04. The molecular weight excluding hydrogens is 310 g/mol. The number of amides is 1. The van der Waals surface area contributed by atoms with Crippen molar-refractivity contribution in [2.75, 3.05) is 30.9 Å². The molecule has 0 bridgehead atoms. The van der Waals surface area contributed by atoms with Crippen molar-refractivity contribution in [3.8, 4) is 0 Å². The van der Waals surface area contributed by atoms with Gasteiger partial charge in [0.05, 0.1) is 18.8 Å². The van der Waals surface area contributed by atoms with Crippen LogP contribution in [-0.2, 0) is 24.3 Å². The number of hydrogen-bond acceptors (Lipinski definition) is 6. The number of hydrogen-bond donors (Lipinski definition) is 1. The van der Waals surface area contributed by atoms with Crippen LogP contribution in [0.5, 0.6) is 0 Å². The molecule has 1 aliphatic rings. The average molecular weight is 331 g/mol. The molecular formula is C16H21N5OS. The number of aromatic nitrogens is 2. The van der Waals surface area contributed by atoms with Crippen LogP contribution in [0.25, 0.3) is 0 Å². The Morgan fingerprint density at radius 1 is 1.43 bits per heavy atom. The maximum Gasteiger partial charge on any atom is 0.227 e. The molecule has 0 radical (unpaired) electrons. The summed E-state index contributed by atoms with van der Waals surface area (Å²) >= 11 is 1.73. The SMILES string of the molecule is CC(=O)N1CCc2c(nc(N(C)C)nc2NCc2cccs2)C1. The minimum atomic E-state index is 0.0914. The van der Waals surface area contributed by atoms with Crippen molar-refractivity contribution in [1.29, 1.82) is 0 Å². The predicted octanol–water partition coefficient (Wildman–Crippen LogP) is 2.12. The van der Waals surface area contributed by atoms with Gasteiger partial charge in [0.25, 0.3) is 0 Å². The maximum atomic E-state index is 11.7. The zero-order chi connectivity index (χ0) is 16.4. The van der Waals surface area contributed by atoms with Crippen LogP contribution in [0.4, 0.5) is 11.8 Å². The Morgan fingerprint density at radius 2 is 2.26 bits per heavy atom. The highest BCUT2D eigenvalue weighted by atomic mass is 32.1. The third kappa shape index (κ3) is 3.44. The van der Waals surface area contributed by atoms with Crippen molar-refractivity contribution in [3.05, 3.63) is 33.6 Å². The molecule has 0 atom stereocenters. The number of fused-ring (bicyclic) bond motifs is 1. The second-order valence-corrected chi connectivity index (χ2v) is 6.85. The van der Waals surface area contributed by atoms with Crippen LogP contribution in [0.1, 0.15) is 23.1 Å². The van der Waals surface area contributed by atoms with Crippen molar-refractivity contribution in [2.24, 2.45) is 0 Å². The minimum absolute atomic E-state index is 0.0914. The molecule has 0 saturated heterocycles. The van der Waals surface area contributed by atoms with E-state index in [1.54, 1.807) is 18.3 Å². The molecule has 0 unspecified atom stereocenters. The van der Waals surface area contributed by atoms with Crippen molar-refractivity contribution in [1.82, 2.24) is 14.9 Å². The summed E-state index contributed by atoms with van der Waals surface area (Å²) in [5, 5.41) is 5.52. The van der Waals surface area contributed by atoms with Gasteiger partial charge in [-0.2, -0.15) is 4.98 Å². The largest absolute Gasteiger partial charge is 0.365 e. The number of nitrogens with one attached hydrogen (secondary N) is 1. The number of nitrogens with zero attached hydrogens (tertiary/aromatic N) is 4. The highest BCUT2D eigenvalue weighted by Crippen LogP contribution is 2.26. The Balaban J connectivity index is 1.90. The molecule has 0 aliphatic carbocycles. The summed E-state index contributed by atoms with van der Waals surface area (Å²) < 4.78 is 0. The summed E-state index contributed by atoms with van der Waals surface area (Å²) in [6, 6.07) is 4.16. The fraction of sp³-hybridized carbons (Fsp3) is 0.438. The van der Waals surface area contributed by atoms with Gasteiger partial charge < -0.3 is 15.1 Å². The third-order valence-electron chi connectivity index (χ3n) is 3.91. The topological polar surface area (TPSA) is 61.4 Å². The molecule has 2 aromatic heterocycles. The number of carbonyl (C=O) groups excluding carboxylic acids is 1. The standard InChI is InChI=1S/C16H21N5OS/c1-11(22)21-7-6-13-14(10-21)18-16(20(2)3)19-15(13)17-9-12-5-4-8-23-12/h4-5,8H,6-7,9-10H2,1-3H3,(H,17,18,19). The van der Waals surface area contributed by atoms with Crippen LogP contribution in [0, 0.1) is 0 Å². The number of rotatable bonds is 4. The van der Waals surface area contributed by atoms with Crippen LogP contribution in [-0.4, -0.2) is 41.4 Å². The van der Waals surface area contributed by atoms with E-state index < -0.39 is 0 Å². The molecule has 0 spiro atoms. The smallest absolute Gasteiger partial charge is 0.227 e. The first-order valence-corrected chi connectivity index (χ1v) is 8.51. The Kier molecular flexibility index (Phi) is 4.47. The summed E-state index contributed by atoms with van der Waals surface area (Å²) in [6.45, 7) is 3.64. The minimum Gasteiger partial charge on any atom is -0.365 e. The highest BCUT2D eigenvalue weighted by molar-refractivity contribution is 7.09. The Labute approximate surface area is 140 Å². The van der Waals surface area contributed by atoms with Crippen molar-refractivity contribution >= 4 is 29.0 Å². The lowest BCUT2D eigenvalue weighted by Crippen LogP contribution is -2.35. The van der Waals surface area contributed by atoms with Crippen LogP contribution >= 0.6 is 11.3 Å². The number of carbonyl (C=O) groups is 1. The molecule has 1 N–H and O–H groups in total. The second-order valence-electron chi connectivity index (χ2n) is 5.82. The summed E-state index contributed by atoms with van der Waals surface area (Å²) in [5.74, 6) is 1.65. The zero-order valence-electron chi connectivity index (χ0n) is 13.7. The zero-order valence-corrected chi connectivity index (χ0v) is 14.5. The van der Waals surface area contributed by atoms with E-state index in [0.717, 1.165) is 36.6 Å². The molecule has 1 aliphatic heterocycles. The monoisotopic (exact) mass is 331 g/mol. The van der Waals surface area contributed by atoms with Gasteiger partial charge in [-0.05, 0) is 17.9 Å². The van der Waals surface area contributed by atoms with Gasteiger partial charge in [0, 0.05) is 38.0 Å². The van der Waals surface area contributed by atoms with Gasteiger partial charge in [0.1, 0.15) is 5.82 Å². The van der Waals surface area contributed by atoms with E-state index in [9.17, 15) is 4.79 Å². The van der Waals surface area contributed by atoms with Gasteiger partial charge in [-0.1, -0.05) is 6.07 Å². The van der Waals surface area contributed by atoms with E-state index in [2.05, 4.69) is 26.7 Å². The Hall–Kier alpha value is -2.15. The van der Waals surface area contributed by atoms with Gasteiger partial charge in [-0.25, -0.2) is 4.98 Å². The van der Waals surface area contributed by atoms with Gasteiger partial charge in [-0.3, -0.25) is 4.79 Å². The molecule has 0 fully saturated rings. The number of thiophene rings is 1.